The molecule has 1 amide bonds. The van der Waals surface area contributed by atoms with E-state index >= 15 is 0 Å². The average Bonchev–Trinajstić information content (AvgIpc) is 3.44. The summed E-state index contributed by atoms with van der Waals surface area (Å²) in [7, 11) is -3.76. The molecular formula is C21H28N4O4S. The molecule has 1 aromatic heterocycles. The van der Waals surface area contributed by atoms with Crippen LogP contribution in [0.5, 0.6) is 0 Å². The summed E-state index contributed by atoms with van der Waals surface area (Å²) in [6.45, 7) is 2.33. The van der Waals surface area contributed by atoms with Crippen LogP contribution in [0, 0.1) is 5.92 Å². The van der Waals surface area contributed by atoms with Crippen LogP contribution in [-0.4, -0.2) is 45.4 Å². The van der Waals surface area contributed by atoms with Gasteiger partial charge in [0.2, 0.25) is 11.0 Å². The average molecular weight is 433 g/mol. The molecule has 3 N–H and O–H groups in total. The van der Waals surface area contributed by atoms with Gasteiger partial charge < -0.3 is 9.32 Å². The van der Waals surface area contributed by atoms with Crippen molar-refractivity contribution < 1.29 is 17.6 Å². The van der Waals surface area contributed by atoms with E-state index < -0.39 is 16.1 Å². The van der Waals surface area contributed by atoms with E-state index in [1.807, 2.05) is 35.2 Å². The molecule has 2 aliphatic rings. The van der Waals surface area contributed by atoms with Gasteiger partial charge in [0.1, 0.15) is 5.76 Å². The van der Waals surface area contributed by atoms with Gasteiger partial charge in [0.05, 0.1) is 12.0 Å². The largest absolute Gasteiger partial charge is 0.447 e. The number of hydrogen-bond acceptors (Lipinski definition) is 6. The van der Waals surface area contributed by atoms with Crippen LogP contribution in [0.15, 0.2) is 52.0 Å². The van der Waals surface area contributed by atoms with Gasteiger partial charge in [-0.2, -0.15) is 0 Å². The minimum atomic E-state index is -3.76. The Kier molecular flexibility index (Phi) is 6.52. The van der Waals surface area contributed by atoms with Crippen molar-refractivity contribution in [2.24, 2.45) is 5.92 Å². The van der Waals surface area contributed by atoms with Crippen LogP contribution in [0.4, 0.5) is 0 Å². The number of amides is 1. The number of carbonyl (C=O) groups excluding carboxylic acids is 1. The zero-order valence-corrected chi connectivity index (χ0v) is 17.7. The van der Waals surface area contributed by atoms with E-state index in [9.17, 15) is 13.2 Å². The van der Waals surface area contributed by atoms with E-state index in [1.165, 1.54) is 6.07 Å². The van der Waals surface area contributed by atoms with Crippen molar-refractivity contribution in [1.82, 2.24) is 20.5 Å². The van der Waals surface area contributed by atoms with Crippen molar-refractivity contribution in [2.45, 2.75) is 36.8 Å². The second kappa shape index (κ2) is 9.30. The molecule has 0 spiro atoms. The van der Waals surface area contributed by atoms with Crippen molar-refractivity contribution in [3.63, 3.8) is 0 Å². The molecule has 1 aromatic carbocycles. The number of nitrogens with one attached hydrogen (secondary N) is 3. The number of likely N-dealkylation sites (tertiary alicyclic amines) is 1. The fourth-order valence-electron chi connectivity index (χ4n) is 4.04. The molecule has 2 aliphatic heterocycles. The summed E-state index contributed by atoms with van der Waals surface area (Å²) in [5.41, 5.74) is 7.14. The highest BCUT2D eigenvalue weighted by Crippen LogP contribution is 2.30. The SMILES string of the molecule is O=C(C1CNNC1c1ccc(S(=O)(=O)NCCc2ccccc2)o1)N1CCCCC1. The molecule has 0 bridgehead atoms. The lowest BCUT2D eigenvalue weighted by atomic mass is 9.97. The Morgan fingerprint density at radius 2 is 1.87 bits per heavy atom. The van der Waals surface area contributed by atoms with Crippen molar-refractivity contribution in [3.05, 3.63) is 53.8 Å². The lowest BCUT2D eigenvalue weighted by Gasteiger charge is -2.30. The Balaban J connectivity index is 1.40. The van der Waals surface area contributed by atoms with Crippen LogP contribution in [0.3, 0.4) is 0 Å². The van der Waals surface area contributed by atoms with Gasteiger partial charge in [-0.25, -0.2) is 18.6 Å². The second-order valence-electron chi connectivity index (χ2n) is 7.79. The highest BCUT2D eigenvalue weighted by atomic mass is 32.2. The monoisotopic (exact) mass is 432 g/mol. The Morgan fingerprint density at radius 3 is 2.63 bits per heavy atom. The first kappa shape index (κ1) is 21.0. The summed E-state index contributed by atoms with van der Waals surface area (Å²) in [4.78, 5) is 14.8. The summed E-state index contributed by atoms with van der Waals surface area (Å²) in [6.07, 6.45) is 3.81. The molecule has 2 saturated heterocycles. The fourth-order valence-corrected chi connectivity index (χ4v) is 5.00. The number of carbonyl (C=O) groups is 1. The number of sulfonamides is 1. The number of hydrogen-bond donors (Lipinski definition) is 3. The highest BCUT2D eigenvalue weighted by molar-refractivity contribution is 7.89. The normalized spacial score (nSPS) is 22.3. The molecule has 9 heteroatoms. The molecule has 0 saturated carbocycles. The molecule has 2 aromatic rings. The van der Waals surface area contributed by atoms with Gasteiger partial charge in [0.25, 0.3) is 10.0 Å². The molecule has 2 atom stereocenters. The van der Waals surface area contributed by atoms with E-state index in [4.69, 9.17) is 4.42 Å². The van der Waals surface area contributed by atoms with E-state index in [1.54, 1.807) is 6.07 Å². The van der Waals surface area contributed by atoms with Gasteiger partial charge in [-0.05, 0) is 43.4 Å². The van der Waals surface area contributed by atoms with Gasteiger partial charge in [0, 0.05) is 26.2 Å². The molecule has 2 fully saturated rings. The number of nitrogens with zero attached hydrogens (tertiary/aromatic N) is 1. The zero-order valence-electron chi connectivity index (χ0n) is 16.8. The predicted octanol–water partition coefficient (Wildman–Crippen LogP) is 1.58. The Labute approximate surface area is 177 Å². The minimum absolute atomic E-state index is 0.0824. The summed E-state index contributed by atoms with van der Waals surface area (Å²) < 4.78 is 33.5. The molecule has 2 unspecified atom stereocenters. The molecule has 162 valence electrons. The standard InChI is InChI=1S/C21H28N4O4S/c26-21(25-13-5-2-6-14-25)17-15-22-24-20(17)18-9-10-19(29-18)30(27,28)23-12-11-16-7-3-1-4-8-16/h1,3-4,7-10,17,20,22-24H,2,5-6,11-15H2. The third-order valence-electron chi connectivity index (χ3n) is 5.69. The topological polar surface area (TPSA) is 104 Å². The van der Waals surface area contributed by atoms with Crippen LogP contribution in [-0.2, 0) is 21.2 Å². The van der Waals surface area contributed by atoms with Crippen molar-refractivity contribution in [3.8, 4) is 0 Å². The maximum absolute atomic E-state index is 12.9. The first-order valence-corrected chi connectivity index (χ1v) is 11.9. The lowest BCUT2D eigenvalue weighted by Crippen LogP contribution is -2.42. The van der Waals surface area contributed by atoms with Crippen LogP contribution in [0.2, 0.25) is 0 Å². The van der Waals surface area contributed by atoms with Crippen LogP contribution in [0.1, 0.15) is 36.6 Å². The number of rotatable bonds is 7. The van der Waals surface area contributed by atoms with Gasteiger partial charge >= 0.3 is 0 Å². The molecule has 30 heavy (non-hydrogen) atoms. The van der Waals surface area contributed by atoms with Gasteiger partial charge in [-0.15, -0.1) is 0 Å². The maximum atomic E-state index is 12.9. The minimum Gasteiger partial charge on any atom is -0.447 e. The maximum Gasteiger partial charge on any atom is 0.273 e. The van der Waals surface area contributed by atoms with Crippen molar-refractivity contribution >= 4 is 15.9 Å². The molecule has 3 heterocycles. The summed E-state index contributed by atoms with van der Waals surface area (Å²) in [5, 5.41) is -0.136. The summed E-state index contributed by atoms with van der Waals surface area (Å²) in [5.74, 6) is 0.202. The second-order valence-corrected chi connectivity index (χ2v) is 9.48. The quantitative estimate of drug-likeness (QED) is 0.614. The smallest absolute Gasteiger partial charge is 0.273 e. The molecule has 4 rings (SSSR count). The Morgan fingerprint density at radius 1 is 1.10 bits per heavy atom. The van der Waals surface area contributed by atoms with Crippen molar-refractivity contribution in [2.75, 3.05) is 26.2 Å². The third kappa shape index (κ3) is 4.75. The third-order valence-corrected chi connectivity index (χ3v) is 7.02. The summed E-state index contributed by atoms with van der Waals surface area (Å²) in [6, 6.07) is 12.4. The van der Waals surface area contributed by atoms with E-state index in [-0.39, 0.29) is 23.5 Å². The van der Waals surface area contributed by atoms with Gasteiger partial charge in [-0.1, -0.05) is 30.3 Å². The fraction of sp³-hybridized carbons (Fsp3) is 0.476. The van der Waals surface area contributed by atoms with Crippen molar-refractivity contribution in [1.29, 1.82) is 0 Å². The Hall–Kier alpha value is -2.20. The highest BCUT2D eigenvalue weighted by Gasteiger charge is 2.39. The summed E-state index contributed by atoms with van der Waals surface area (Å²) >= 11 is 0. The van der Waals surface area contributed by atoms with E-state index in [2.05, 4.69) is 15.6 Å². The number of furan rings is 1. The number of hydrazine groups is 1. The number of benzene rings is 1. The Bertz CT molecular complexity index is 954. The van der Waals surface area contributed by atoms with Crippen LogP contribution < -0.4 is 15.6 Å². The van der Waals surface area contributed by atoms with Crippen LogP contribution >= 0.6 is 0 Å². The predicted molar refractivity (Wildman–Crippen MR) is 112 cm³/mol. The van der Waals surface area contributed by atoms with E-state index in [0.717, 1.165) is 37.9 Å². The molecule has 0 radical (unpaired) electrons. The van der Waals surface area contributed by atoms with Crippen LogP contribution in [0.25, 0.3) is 0 Å². The molecule has 0 aliphatic carbocycles. The lowest BCUT2D eigenvalue weighted by molar-refractivity contribution is -0.136. The van der Waals surface area contributed by atoms with Gasteiger partial charge in [-0.3, -0.25) is 10.2 Å². The van der Waals surface area contributed by atoms with Gasteiger partial charge in [0.15, 0.2) is 0 Å². The van der Waals surface area contributed by atoms with E-state index in [0.29, 0.717) is 18.7 Å². The molecule has 8 nitrogen and oxygen atoms in total. The zero-order chi connectivity index (χ0) is 21.0. The molecular weight excluding hydrogens is 404 g/mol. The first-order chi connectivity index (χ1) is 14.5. The number of piperidine rings is 1. The first-order valence-electron chi connectivity index (χ1n) is 10.4.